The molecule has 0 saturated heterocycles. The van der Waals surface area contributed by atoms with Gasteiger partial charge in [0.1, 0.15) is 5.75 Å². The van der Waals surface area contributed by atoms with Crippen LogP contribution in [0.25, 0.3) is 0 Å². The van der Waals surface area contributed by atoms with Crippen LogP contribution in [0.2, 0.25) is 0 Å². The first-order chi connectivity index (χ1) is 10.1. The van der Waals surface area contributed by atoms with Crippen molar-refractivity contribution >= 4 is 5.69 Å². The second-order valence-electron chi connectivity index (χ2n) is 5.59. The van der Waals surface area contributed by atoms with Crippen LogP contribution in [0.1, 0.15) is 44.4 Å². The van der Waals surface area contributed by atoms with Crippen molar-refractivity contribution in [2.45, 2.75) is 46.3 Å². The molecule has 0 amide bonds. The van der Waals surface area contributed by atoms with Gasteiger partial charge in [-0.25, -0.2) is 0 Å². The molecule has 0 aliphatic heterocycles. The van der Waals surface area contributed by atoms with E-state index >= 15 is 0 Å². The van der Waals surface area contributed by atoms with Crippen molar-refractivity contribution in [3.8, 4) is 5.75 Å². The molecule has 0 bridgehead atoms. The smallest absolute Gasteiger partial charge is 0.121 e. The third-order valence-electron chi connectivity index (χ3n) is 3.78. The standard InChI is InChI=1S/C19H25NO/c1-5-15(3)21-18-11-8-10-17(13-18)20-16(4)19-12-7-6-9-14(19)2/h6-13,15-16,20H,5H2,1-4H3. The molecule has 0 saturated carbocycles. The van der Waals surface area contributed by atoms with E-state index in [2.05, 4.69) is 69.4 Å². The summed E-state index contributed by atoms with van der Waals surface area (Å²) in [7, 11) is 0. The van der Waals surface area contributed by atoms with E-state index in [1.807, 2.05) is 12.1 Å². The number of hydrogen-bond acceptors (Lipinski definition) is 2. The van der Waals surface area contributed by atoms with Crippen LogP contribution >= 0.6 is 0 Å². The van der Waals surface area contributed by atoms with Gasteiger partial charge >= 0.3 is 0 Å². The first-order valence-electron chi connectivity index (χ1n) is 7.69. The highest BCUT2D eigenvalue weighted by atomic mass is 16.5. The van der Waals surface area contributed by atoms with E-state index in [1.165, 1.54) is 11.1 Å². The highest BCUT2D eigenvalue weighted by Gasteiger charge is 2.08. The van der Waals surface area contributed by atoms with Gasteiger partial charge in [-0.1, -0.05) is 37.3 Å². The Morgan fingerprint density at radius 3 is 2.52 bits per heavy atom. The van der Waals surface area contributed by atoms with Crippen LogP contribution in [0.15, 0.2) is 48.5 Å². The number of ether oxygens (including phenoxy) is 1. The van der Waals surface area contributed by atoms with Crippen molar-refractivity contribution in [1.29, 1.82) is 0 Å². The molecule has 2 nitrogen and oxygen atoms in total. The summed E-state index contributed by atoms with van der Waals surface area (Å²) in [5.74, 6) is 0.923. The topological polar surface area (TPSA) is 21.3 Å². The highest BCUT2D eigenvalue weighted by Crippen LogP contribution is 2.25. The zero-order valence-electron chi connectivity index (χ0n) is 13.4. The minimum atomic E-state index is 0.244. The van der Waals surface area contributed by atoms with Gasteiger partial charge in [0.15, 0.2) is 0 Å². The van der Waals surface area contributed by atoms with Gasteiger partial charge < -0.3 is 10.1 Å². The Kier molecular flexibility index (Phi) is 5.26. The first kappa shape index (κ1) is 15.4. The van der Waals surface area contributed by atoms with Crippen molar-refractivity contribution in [2.75, 3.05) is 5.32 Å². The average molecular weight is 283 g/mol. The van der Waals surface area contributed by atoms with Crippen molar-refractivity contribution in [1.82, 2.24) is 0 Å². The second kappa shape index (κ2) is 7.16. The van der Waals surface area contributed by atoms with Crippen LogP contribution in [0.3, 0.4) is 0 Å². The van der Waals surface area contributed by atoms with E-state index in [9.17, 15) is 0 Å². The van der Waals surface area contributed by atoms with E-state index in [-0.39, 0.29) is 12.1 Å². The third kappa shape index (κ3) is 4.25. The molecular formula is C19H25NO. The average Bonchev–Trinajstić information content (AvgIpc) is 2.47. The van der Waals surface area contributed by atoms with Crippen molar-refractivity contribution in [2.24, 2.45) is 0 Å². The molecule has 2 unspecified atom stereocenters. The van der Waals surface area contributed by atoms with Crippen LogP contribution in [-0.2, 0) is 0 Å². The van der Waals surface area contributed by atoms with E-state index in [1.54, 1.807) is 0 Å². The minimum Gasteiger partial charge on any atom is -0.491 e. The fourth-order valence-corrected chi connectivity index (χ4v) is 2.38. The summed E-state index contributed by atoms with van der Waals surface area (Å²) in [5, 5.41) is 3.55. The Hall–Kier alpha value is -1.96. The molecule has 1 N–H and O–H groups in total. The molecule has 112 valence electrons. The monoisotopic (exact) mass is 283 g/mol. The van der Waals surface area contributed by atoms with Gasteiger partial charge in [0, 0.05) is 17.8 Å². The minimum absolute atomic E-state index is 0.244. The lowest BCUT2D eigenvalue weighted by atomic mass is 10.0. The summed E-state index contributed by atoms with van der Waals surface area (Å²) in [6, 6.07) is 16.9. The van der Waals surface area contributed by atoms with E-state index in [4.69, 9.17) is 4.74 Å². The molecule has 0 spiro atoms. The number of aryl methyl sites for hydroxylation is 1. The van der Waals surface area contributed by atoms with Crippen molar-refractivity contribution in [3.05, 3.63) is 59.7 Å². The Labute approximate surface area is 128 Å². The normalized spacial score (nSPS) is 13.5. The largest absolute Gasteiger partial charge is 0.491 e. The van der Waals surface area contributed by atoms with Crippen molar-refractivity contribution < 1.29 is 4.74 Å². The molecule has 0 aliphatic rings. The zero-order chi connectivity index (χ0) is 15.2. The Balaban J connectivity index is 2.09. The molecule has 0 heterocycles. The van der Waals surface area contributed by atoms with Gasteiger partial charge in [0.2, 0.25) is 0 Å². The van der Waals surface area contributed by atoms with E-state index in [0.29, 0.717) is 0 Å². The summed E-state index contributed by atoms with van der Waals surface area (Å²) in [5.41, 5.74) is 3.72. The van der Waals surface area contributed by atoms with Crippen LogP contribution in [0, 0.1) is 6.92 Å². The number of anilines is 1. The number of hydrogen-bond donors (Lipinski definition) is 1. The van der Waals surface area contributed by atoms with Gasteiger partial charge in [-0.05, 0) is 50.5 Å². The van der Waals surface area contributed by atoms with Crippen LogP contribution in [-0.4, -0.2) is 6.10 Å². The van der Waals surface area contributed by atoms with Gasteiger partial charge in [-0.3, -0.25) is 0 Å². The fraction of sp³-hybridized carbons (Fsp3) is 0.368. The van der Waals surface area contributed by atoms with Crippen LogP contribution in [0.4, 0.5) is 5.69 Å². The first-order valence-corrected chi connectivity index (χ1v) is 7.69. The molecule has 0 fully saturated rings. The van der Waals surface area contributed by atoms with E-state index in [0.717, 1.165) is 17.9 Å². The molecule has 0 radical (unpaired) electrons. The summed E-state index contributed by atoms with van der Waals surface area (Å²) >= 11 is 0. The van der Waals surface area contributed by atoms with Crippen LogP contribution in [0.5, 0.6) is 5.75 Å². The molecular weight excluding hydrogens is 258 g/mol. The second-order valence-corrected chi connectivity index (χ2v) is 5.59. The van der Waals surface area contributed by atoms with Crippen LogP contribution < -0.4 is 10.1 Å². The van der Waals surface area contributed by atoms with Crippen molar-refractivity contribution in [3.63, 3.8) is 0 Å². The molecule has 2 aromatic rings. The quantitative estimate of drug-likeness (QED) is 0.772. The van der Waals surface area contributed by atoms with Gasteiger partial charge in [0.25, 0.3) is 0 Å². The van der Waals surface area contributed by atoms with E-state index < -0.39 is 0 Å². The lowest BCUT2D eigenvalue weighted by molar-refractivity contribution is 0.217. The predicted octanol–water partition coefficient (Wildman–Crippen LogP) is 5.35. The summed E-state index contributed by atoms with van der Waals surface area (Å²) in [6.45, 7) is 8.56. The van der Waals surface area contributed by atoms with Gasteiger partial charge in [-0.2, -0.15) is 0 Å². The maximum Gasteiger partial charge on any atom is 0.121 e. The van der Waals surface area contributed by atoms with Gasteiger partial charge in [-0.15, -0.1) is 0 Å². The lowest BCUT2D eigenvalue weighted by Gasteiger charge is -2.19. The number of rotatable bonds is 6. The Bertz CT molecular complexity index is 579. The lowest BCUT2D eigenvalue weighted by Crippen LogP contribution is -2.11. The molecule has 0 aliphatic carbocycles. The molecule has 2 heteroatoms. The third-order valence-corrected chi connectivity index (χ3v) is 3.78. The number of benzene rings is 2. The molecule has 2 rings (SSSR count). The zero-order valence-corrected chi connectivity index (χ0v) is 13.4. The number of nitrogens with one attached hydrogen (secondary N) is 1. The molecule has 2 atom stereocenters. The maximum absolute atomic E-state index is 5.88. The molecule has 2 aromatic carbocycles. The van der Waals surface area contributed by atoms with Gasteiger partial charge in [0.05, 0.1) is 6.10 Å². The fourth-order valence-electron chi connectivity index (χ4n) is 2.38. The predicted molar refractivity (Wildman–Crippen MR) is 90.0 cm³/mol. The Morgan fingerprint density at radius 1 is 1.05 bits per heavy atom. The summed E-state index contributed by atoms with van der Waals surface area (Å²) in [4.78, 5) is 0. The summed E-state index contributed by atoms with van der Waals surface area (Å²) < 4.78 is 5.88. The Morgan fingerprint density at radius 2 is 1.81 bits per heavy atom. The SMILES string of the molecule is CCC(C)Oc1cccc(NC(C)c2ccccc2C)c1. The molecule has 0 aromatic heterocycles. The highest BCUT2D eigenvalue weighted by molar-refractivity contribution is 5.50. The maximum atomic E-state index is 5.88. The summed E-state index contributed by atoms with van der Waals surface area (Å²) in [6.07, 6.45) is 1.26. The molecule has 21 heavy (non-hydrogen) atoms.